The SMILES string of the molecule is CCCCCCCCCCCC(C(=O)O)C(=O)O.N. The van der Waals surface area contributed by atoms with Gasteiger partial charge in [-0.15, -0.1) is 0 Å². The number of unbranched alkanes of at least 4 members (excludes halogenated alkanes) is 8. The molecular weight excluding hydrogens is 246 g/mol. The van der Waals surface area contributed by atoms with Crippen LogP contribution in [0.15, 0.2) is 0 Å². The number of hydrogen-bond acceptors (Lipinski definition) is 3. The molecule has 5 N–H and O–H groups in total. The summed E-state index contributed by atoms with van der Waals surface area (Å²) in [5, 5.41) is 17.4. The first-order chi connectivity index (χ1) is 8.59. The first-order valence-corrected chi connectivity index (χ1v) is 7.05. The normalized spacial score (nSPS) is 10.2. The second-order valence-corrected chi connectivity index (χ2v) is 4.85. The van der Waals surface area contributed by atoms with Crippen LogP contribution < -0.4 is 6.15 Å². The van der Waals surface area contributed by atoms with Gasteiger partial charge >= 0.3 is 11.9 Å². The van der Waals surface area contributed by atoms with Crippen molar-refractivity contribution in [1.29, 1.82) is 0 Å². The van der Waals surface area contributed by atoms with Gasteiger partial charge in [0.2, 0.25) is 0 Å². The molecule has 0 heterocycles. The molecule has 0 aromatic heterocycles. The Hall–Kier alpha value is -1.10. The van der Waals surface area contributed by atoms with Gasteiger partial charge < -0.3 is 16.4 Å². The third-order valence-electron chi connectivity index (χ3n) is 3.19. The average molecular weight is 275 g/mol. The molecule has 0 spiro atoms. The van der Waals surface area contributed by atoms with Crippen molar-refractivity contribution in [2.45, 2.75) is 71.1 Å². The molecule has 0 amide bonds. The van der Waals surface area contributed by atoms with Gasteiger partial charge in [-0.25, -0.2) is 0 Å². The second kappa shape index (κ2) is 13.3. The third-order valence-corrected chi connectivity index (χ3v) is 3.19. The van der Waals surface area contributed by atoms with E-state index in [4.69, 9.17) is 10.2 Å². The van der Waals surface area contributed by atoms with Crippen LogP contribution in [-0.2, 0) is 9.59 Å². The highest BCUT2D eigenvalue weighted by Gasteiger charge is 2.24. The summed E-state index contributed by atoms with van der Waals surface area (Å²) in [5.41, 5.74) is 0. The maximum absolute atomic E-state index is 10.6. The molecule has 0 bridgehead atoms. The van der Waals surface area contributed by atoms with E-state index in [1.807, 2.05) is 0 Å². The first-order valence-electron chi connectivity index (χ1n) is 7.05. The molecular formula is C14H29NO4. The van der Waals surface area contributed by atoms with Gasteiger partial charge in [-0.3, -0.25) is 9.59 Å². The molecule has 0 atom stereocenters. The van der Waals surface area contributed by atoms with E-state index in [0.29, 0.717) is 6.42 Å². The number of hydrogen-bond donors (Lipinski definition) is 3. The van der Waals surface area contributed by atoms with Gasteiger partial charge in [0.05, 0.1) is 0 Å². The maximum atomic E-state index is 10.6. The molecule has 0 aliphatic rings. The zero-order valence-corrected chi connectivity index (χ0v) is 12.1. The fraction of sp³-hybridized carbons (Fsp3) is 0.857. The minimum atomic E-state index is -1.23. The van der Waals surface area contributed by atoms with E-state index >= 15 is 0 Å². The Balaban J connectivity index is 0. The Morgan fingerprint density at radius 1 is 0.789 bits per heavy atom. The van der Waals surface area contributed by atoms with Gasteiger partial charge in [-0.05, 0) is 6.42 Å². The summed E-state index contributed by atoms with van der Waals surface area (Å²) in [6.07, 6.45) is 10.5. The summed E-state index contributed by atoms with van der Waals surface area (Å²) in [5.74, 6) is -3.67. The van der Waals surface area contributed by atoms with Crippen molar-refractivity contribution in [2.75, 3.05) is 0 Å². The van der Waals surface area contributed by atoms with Gasteiger partial charge in [0, 0.05) is 0 Å². The maximum Gasteiger partial charge on any atom is 0.317 e. The molecule has 0 saturated heterocycles. The fourth-order valence-electron chi connectivity index (χ4n) is 2.01. The zero-order valence-electron chi connectivity index (χ0n) is 12.1. The zero-order chi connectivity index (χ0) is 13.8. The number of aliphatic carboxylic acids is 2. The Kier molecular flexibility index (Phi) is 14.2. The molecule has 0 saturated carbocycles. The van der Waals surface area contributed by atoms with E-state index in [9.17, 15) is 9.59 Å². The third kappa shape index (κ3) is 11.7. The summed E-state index contributed by atoms with van der Waals surface area (Å²) in [4.78, 5) is 21.3. The van der Waals surface area contributed by atoms with E-state index < -0.39 is 17.9 Å². The quantitative estimate of drug-likeness (QED) is 0.370. The van der Waals surface area contributed by atoms with Crippen molar-refractivity contribution in [3.63, 3.8) is 0 Å². The van der Waals surface area contributed by atoms with E-state index in [1.165, 1.54) is 38.5 Å². The standard InChI is InChI=1S/C14H26O4.H3N/c1-2-3-4-5-6-7-8-9-10-11-12(13(15)16)14(17)18;/h12H,2-11H2,1H3,(H,15,16)(H,17,18);1H3. The molecule has 0 aliphatic heterocycles. The predicted molar refractivity (Wildman–Crippen MR) is 75.6 cm³/mol. The predicted octanol–water partition coefficient (Wildman–Crippen LogP) is 3.85. The number of carbonyl (C=O) groups is 2. The summed E-state index contributed by atoms with van der Waals surface area (Å²) in [6, 6.07) is 0. The minimum Gasteiger partial charge on any atom is -0.481 e. The van der Waals surface area contributed by atoms with Gasteiger partial charge in [-0.2, -0.15) is 0 Å². The van der Waals surface area contributed by atoms with Crippen molar-refractivity contribution in [3.8, 4) is 0 Å². The number of carboxylic acids is 2. The van der Waals surface area contributed by atoms with Crippen LogP contribution in [0.1, 0.15) is 71.1 Å². The van der Waals surface area contributed by atoms with Crippen molar-refractivity contribution >= 4 is 11.9 Å². The Labute approximate surface area is 116 Å². The summed E-state index contributed by atoms with van der Waals surface area (Å²) in [6.45, 7) is 2.20. The lowest BCUT2D eigenvalue weighted by Gasteiger charge is -2.06. The summed E-state index contributed by atoms with van der Waals surface area (Å²) >= 11 is 0. The Morgan fingerprint density at radius 2 is 1.16 bits per heavy atom. The van der Waals surface area contributed by atoms with Crippen molar-refractivity contribution < 1.29 is 19.8 Å². The van der Waals surface area contributed by atoms with Crippen molar-refractivity contribution in [2.24, 2.45) is 5.92 Å². The van der Waals surface area contributed by atoms with Crippen LogP contribution in [0.2, 0.25) is 0 Å². The minimum absolute atomic E-state index is 0. The van der Waals surface area contributed by atoms with E-state index in [0.717, 1.165) is 12.8 Å². The molecule has 5 nitrogen and oxygen atoms in total. The van der Waals surface area contributed by atoms with Gasteiger partial charge in [0.15, 0.2) is 5.92 Å². The van der Waals surface area contributed by atoms with Crippen LogP contribution in [0.25, 0.3) is 0 Å². The number of rotatable bonds is 12. The molecule has 0 aromatic carbocycles. The molecule has 114 valence electrons. The Bertz CT molecular complexity index is 230. The smallest absolute Gasteiger partial charge is 0.317 e. The monoisotopic (exact) mass is 275 g/mol. The van der Waals surface area contributed by atoms with E-state index in [2.05, 4.69) is 6.92 Å². The van der Waals surface area contributed by atoms with Crippen LogP contribution in [0.5, 0.6) is 0 Å². The van der Waals surface area contributed by atoms with Crippen LogP contribution in [0.4, 0.5) is 0 Å². The first kappa shape index (κ1) is 20.2. The van der Waals surface area contributed by atoms with Crippen LogP contribution in [0, 0.1) is 5.92 Å². The van der Waals surface area contributed by atoms with E-state index in [-0.39, 0.29) is 12.6 Å². The largest absolute Gasteiger partial charge is 0.481 e. The van der Waals surface area contributed by atoms with Gasteiger partial charge in [0.1, 0.15) is 0 Å². The fourth-order valence-corrected chi connectivity index (χ4v) is 2.01. The van der Waals surface area contributed by atoms with Crippen molar-refractivity contribution in [1.82, 2.24) is 6.15 Å². The second-order valence-electron chi connectivity index (χ2n) is 4.85. The molecule has 0 fully saturated rings. The molecule has 0 unspecified atom stereocenters. The Morgan fingerprint density at radius 3 is 1.53 bits per heavy atom. The lowest BCUT2D eigenvalue weighted by atomic mass is 10.00. The lowest BCUT2D eigenvalue weighted by Crippen LogP contribution is -2.23. The molecule has 0 aliphatic carbocycles. The lowest BCUT2D eigenvalue weighted by molar-refractivity contribution is -0.154. The van der Waals surface area contributed by atoms with Crippen LogP contribution in [-0.4, -0.2) is 22.2 Å². The molecule has 0 rings (SSSR count). The average Bonchev–Trinajstić information content (AvgIpc) is 2.30. The molecule has 0 radical (unpaired) electrons. The summed E-state index contributed by atoms with van der Waals surface area (Å²) in [7, 11) is 0. The molecule has 0 aromatic rings. The van der Waals surface area contributed by atoms with Crippen LogP contribution >= 0.6 is 0 Å². The van der Waals surface area contributed by atoms with Gasteiger partial charge in [0.25, 0.3) is 0 Å². The summed E-state index contributed by atoms with van der Waals surface area (Å²) < 4.78 is 0. The number of carboxylic acid groups (broad SMARTS) is 2. The van der Waals surface area contributed by atoms with Crippen molar-refractivity contribution in [3.05, 3.63) is 0 Å². The molecule has 5 heteroatoms. The van der Waals surface area contributed by atoms with Crippen LogP contribution in [0.3, 0.4) is 0 Å². The highest BCUT2D eigenvalue weighted by Crippen LogP contribution is 2.14. The highest BCUT2D eigenvalue weighted by molar-refractivity contribution is 5.92. The highest BCUT2D eigenvalue weighted by atomic mass is 16.4. The topological polar surface area (TPSA) is 110 Å². The molecule has 19 heavy (non-hydrogen) atoms. The van der Waals surface area contributed by atoms with E-state index in [1.54, 1.807) is 0 Å². The van der Waals surface area contributed by atoms with Gasteiger partial charge in [-0.1, -0.05) is 64.7 Å².